The molecule has 3 rings (SSSR count). The second-order valence-corrected chi connectivity index (χ2v) is 5.11. The molecule has 0 amide bonds. The molecule has 0 aliphatic carbocycles. The predicted molar refractivity (Wildman–Crippen MR) is 82.1 cm³/mol. The normalized spacial score (nSPS) is 10.7. The van der Waals surface area contributed by atoms with Crippen LogP contribution in [0.15, 0.2) is 42.6 Å². The highest BCUT2D eigenvalue weighted by Crippen LogP contribution is 2.24. The molecule has 3 aromatic rings. The Hall–Kier alpha value is -3.23. The van der Waals surface area contributed by atoms with Gasteiger partial charge in [0.25, 0.3) is 11.9 Å². The Morgan fingerprint density at radius 1 is 0.885 bits per heavy atom. The SMILES string of the molecule is Fc1ccc(Oc2cc(CNc3c(F)c(F)nc(F)c3F)ccn2)cc1. The molecule has 0 saturated heterocycles. The van der Waals surface area contributed by atoms with Gasteiger partial charge in [-0.25, -0.2) is 9.37 Å². The number of anilines is 1. The van der Waals surface area contributed by atoms with Crippen molar-refractivity contribution in [1.29, 1.82) is 0 Å². The number of rotatable bonds is 5. The summed E-state index contributed by atoms with van der Waals surface area (Å²) in [5.74, 6) is -6.70. The molecule has 0 atom stereocenters. The van der Waals surface area contributed by atoms with Crippen molar-refractivity contribution in [3.8, 4) is 11.6 Å². The zero-order valence-electron chi connectivity index (χ0n) is 12.9. The number of halogens is 5. The van der Waals surface area contributed by atoms with Crippen LogP contribution in [0, 0.1) is 29.3 Å². The Kier molecular flexibility index (Phi) is 4.97. The molecule has 26 heavy (non-hydrogen) atoms. The molecular weight excluding hydrogens is 357 g/mol. The lowest BCUT2D eigenvalue weighted by Gasteiger charge is -2.10. The van der Waals surface area contributed by atoms with Crippen LogP contribution in [0.2, 0.25) is 0 Å². The second kappa shape index (κ2) is 7.34. The highest BCUT2D eigenvalue weighted by molar-refractivity contribution is 5.46. The first kappa shape index (κ1) is 17.6. The highest BCUT2D eigenvalue weighted by Gasteiger charge is 2.20. The van der Waals surface area contributed by atoms with Crippen LogP contribution in [0.4, 0.5) is 27.6 Å². The molecule has 0 bridgehead atoms. The van der Waals surface area contributed by atoms with E-state index in [2.05, 4.69) is 15.3 Å². The van der Waals surface area contributed by atoms with Crippen LogP contribution in [-0.4, -0.2) is 9.97 Å². The van der Waals surface area contributed by atoms with Gasteiger partial charge in [-0.15, -0.1) is 0 Å². The number of pyridine rings is 2. The minimum absolute atomic E-state index is 0.143. The molecule has 2 aromatic heterocycles. The van der Waals surface area contributed by atoms with Crippen molar-refractivity contribution >= 4 is 5.69 Å². The van der Waals surface area contributed by atoms with Gasteiger partial charge in [0.2, 0.25) is 17.5 Å². The minimum Gasteiger partial charge on any atom is -0.439 e. The second-order valence-electron chi connectivity index (χ2n) is 5.11. The molecule has 9 heteroatoms. The summed E-state index contributed by atoms with van der Waals surface area (Å²) in [7, 11) is 0. The van der Waals surface area contributed by atoms with E-state index in [-0.39, 0.29) is 12.4 Å². The Bertz CT molecular complexity index is 908. The van der Waals surface area contributed by atoms with Crippen LogP contribution in [0.1, 0.15) is 5.56 Å². The molecular formula is C17H10F5N3O. The maximum Gasteiger partial charge on any atom is 0.253 e. The van der Waals surface area contributed by atoms with E-state index >= 15 is 0 Å². The Morgan fingerprint density at radius 3 is 2.19 bits per heavy atom. The van der Waals surface area contributed by atoms with E-state index < -0.39 is 35.0 Å². The number of nitrogens with one attached hydrogen (secondary N) is 1. The fourth-order valence-electron chi connectivity index (χ4n) is 2.07. The molecule has 0 aliphatic rings. The molecule has 0 fully saturated rings. The molecule has 0 aliphatic heterocycles. The summed E-state index contributed by atoms with van der Waals surface area (Å²) in [4.78, 5) is 6.43. The lowest BCUT2D eigenvalue weighted by Crippen LogP contribution is -2.09. The average molecular weight is 367 g/mol. The van der Waals surface area contributed by atoms with Crippen molar-refractivity contribution in [2.24, 2.45) is 0 Å². The lowest BCUT2D eigenvalue weighted by atomic mass is 10.2. The van der Waals surface area contributed by atoms with Crippen molar-refractivity contribution in [3.63, 3.8) is 0 Å². The van der Waals surface area contributed by atoms with E-state index in [0.29, 0.717) is 11.3 Å². The smallest absolute Gasteiger partial charge is 0.253 e. The average Bonchev–Trinajstić information content (AvgIpc) is 2.62. The zero-order chi connectivity index (χ0) is 18.7. The molecule has 1 N–H and O–H groups in total. The van der Waals surface area contributed by atoms with E-state index in [1.807, 2.05) is 0 Å². The summed E-state index contributed by atoms with van der Waals surface area (Å²) in [5.41, 5.74) is -0.499. The molecule has 4 nitrogen and oxygen atoms in total. The van der Waals surface area contributed by atoms with Crippen molar-refractivity contribution < 1.29 is 26.7 Å². The monoisotopic (exact) mass is 367 g/mol. The van der Waals surface area contributed by atoms with Gasteiger partial charge in [-0.3, -0.25) is 0 Å². The van der Waals surface area contributed by atoms with E-state index in [1.165, 1.54) is 42.6 Å². The fraction of sp³-hybridized carbons (Fsp3) is 0.0588. The summed E-state index contributed by atoms with van der Waals surface area (Å²) < 4.78 is 71.6. The van der Waals surface area contributed by atoms with Gasteiger partial charge in [0.05, 0.1) is 0 Å². The number of aromatic nitrogens is 2. The molecule has 0 spiro atoms. The molecule has 134 valence electrons. The third kappa shape index (κ3) is 3.88. The Morgan fingerprint density at radius 2 is 1.54 bits per heavy atom. The van der Waals surface area contributed by atoms with Gasteiger partial charge in [-0.05, 0) is 35.9 Å². The van der Waals surface area contributed by atoms with Crippen LogP contribution < -0.4 is 10.1 Å². The quantitative estimate of drug-likeness (QED) is 0.530. The maximum atomic E-state index is 13.6. The Balaban J connectivity index is 1.75. The number of hydrogen-bond acceptors (Lipinski definition) is 4. The van der Waals surface area contributed by atoms with E-state index in [1.54, 1.807) is 0 Å². The number of benzene rings is 1. The molecule has 2 heterocycles. The van der Waals surface area contributed by atoms with Gasteiger partial charge in [0.15, 0.2) is 0 Å². The Labute approximate surface area is 144 Å². The van der Waals surface area contributed by atoms with Crippen LogP contribution in [0.5, 0.6) is 11.6 Å². The van der Waals surface area contributed by atoms with Crippen LogP contribution >= 0.6 is 0 Å². The standard InChI is InChI=1S/C17H10F5N3O/c18-10-1-3-11(4-2-10)26-12-7-9(5-6-23-12)8-24-15-13(19)16(21)25-17(22)14(15)20/h1-7H,8H2,(H,24,25). The van der Waals surface area contributed by atoms with Crippen molar-refractivity contribution in [2.75, 3.05) is 5.32 Å². The summed E-state index contributed by atoms with van der Waals surface area (Å²) in [5, 5.41) is 2.27. The summed E-state index contributed by atoms with van der Waals surface area (Å²) >= 11 is 0. The van der Waals surface area contributed by atoms with Crippen LogP contribution in [0.25, 0.3) is 0 Å². The van der Waals surface area contributed by atoms with Crippen molar-refractivity contribution in [3.05, 3.63) is 77.5 Å². The van der Waals surface area contributed by atoms with Gasteiger partial charge in [-0.2, -0.15) is 22.5 Å². The number of nitrogens with zero attached hydrogens (tertiary/aromatic N) is 2. The zero-order valence-corrected chi connectivity index (χ0v) is 12.9. The first-order valence-corrected chi connectivity index (χ1v) is 7.26. The van der Waals surface area contributed by atoms with Gasteiger partial charge in [0.1, 0.15) is 17.3 Å². The summed E-state index contributed by atoms with van der Waals surface area (Å²) in [6, 6.07) is 8.16. The van der Waals surface area contributed by atoms with E-state index in [4.69, 9.17) is 4.74 Å². The fourth-order valence-corrected chi connectivity index (χ4v) is 2.07. The van der Waals surface area contributed by atoms with Crippen molar-refractivity contribution in [1.82, 2.24) is 9.97 Å². The van der Waals surface area contributed by atoms with Gasteiger partial charge in [0, 0.05) is 18.8 Å². The first-order chi connectivity index (χ1) is 12.4. The number of hydrogen-bond donors (Lipinski definition) is 1. The number of ether oxygens (including phenoxy) is 1. The van der Waals surface area contributed by atoms with E-state index in [9.17, 15) is 22.0 Å². The van der Waals surface area contributed by atoms with Gasteiger partial charge in [-0.1, -0.05) is 0 Å². The summed E-state index contributed by atoms with van der Waals surface area (Å²) in [6.07, 6.45) is 1.37. The molecule has 0 saturated carbocycles. The third-order valence-corrected chi connectivity index (χ3v) is 3.30. The maximum absolute atomic E-state index is 13.6. The van der Waals surface area contributed by atoms with Gasteiger partial charge < -0.3 is 10.1 Å². The predicted octanol–water partition coefficient (Wildman–Crippen LogP) is 4.58. The van der Waals surface area contributed by atoms with Crippen LogP contribution in [-0.2, 0) is 6.54 Å². The van der Waals surface area contributed by atoms with Gasteiger partial charge >= 0.3 is 0 Å². The first-order valence-electron chi connectivity index (χ1n) is 7.26. The van der Waals surface area contributed by atoms with E-state index in [0.717, 1.165) is 0 Å². The molecule has 1 aromatic carbocycles. The molecule has 0 unspecified atom stereocenters. The molecule has 0 radical (unpaired) electrons. The summed E-state index contributed by atoms with van der Waals surface area (Å²) in [6.45, 7) is -0.168. The van der Waals surface area contributed by atoms with Crippen LogP contribution in [0.3, 0.4) is 0 Å². The topological polar surface area (TPSA) is 47.0 Å². The highest BCUT2D eigenvalue weighted by atomic mass is 19.2. The minimum atomic E-state index is -1.75. The van der Waals surface area contributed by atoms with Crippen molar-refractivity contribution in [2.45, 2.75) is 6.54 Å². The largest absolute Gasteiger partial charge is 0.439 e. The lowest BCUT2D eigenvalue weighted by molar-refractivity contribution is 0.410. The third-order valence-electron chi connectivity index (χ3n) is 3.30.